The molecule has 0 atom stereocenters. The van der Waals surface area contributed by atoms with E-state index in [-0.39, 0.29) is 0 Å². The van der Waals surface area contributed by atoms with Gasteiger partial charge < -0.3 is 0 Å². The lowest BCUT2D eigenvalue weighted by Crippen LogP contribution is -1.89. The second-order valence-corrected chi connectivity index (χ2v) is 5.50. The van der Waals surface area contributed by atoms with Crippen molar-refractivity contribution in [1.82, 2.24) is 0 Å². The fourth-order valence-electron chi connectivity index (χ4n) is 0.718. The summed E-state index contributed by atoms with van der Waals surface area (Å²) in [5, 5.41) is 2.18. The fraction of sp³-hybridized carbons (Fsp3) is 0.111. The van der Waals surface area contributed by atoms with Crippen molar-refractivity contribution >= 4 is 32.4 Å². The van der Waals surface area contributed by atoms with Crippen molar-refractivity contribution in [1.29, 1.82) is 0 Å². The molecule has 13 heavy (non-hydrogen) atoms. The molecular formula is C9H7IO2S. The Balaban J connectivity index is 3.04. The summed E-state index contributed by atoms with van der Waals surface area (Å²) in [6.07, 6.45) is 1.09. The van der Waals surface area contributed by atoms with Gasteiger partial charge in [-0.25, -0.2) is 8.42 Å². The van der Waals surface area contributed by atoms with E-state index in [1.54, 1.807) is 6.07 Å². The molecule has 0 unspecified atom stereocenters. The molecule has 68 valence electrons. The molecule has 2 nitrogen and oxygen atoms in total. The third kappa shape index (κ3) is 4.29. The molecule has 1 aromatic carbocycles. The van der Waals surface area contributed by atoms with Crippen LogP contribution in [0, 0.1) is 14.7 Å². The number of rotatable bonds is 0. The highest BCUT2D eigenvalue weighted by Crippen LogP contribution is 2.06. The van der Waals surface area contributed by atoms with Crippen LogP contribution >= 0.6 is 22.6 Å². The van der Waals surface area contributed by atoms with Crippen LogP contribution in [0.15, 0.2) is 24.3 Å². The van der Waals surface area contributed by atoms with E-state index in [2.05, 4.69) is 33.8 Å². The minimum absolute atomic E-state index is 0.720. The number of hydrogen-bond acceptors (Lipinski definition) is 2. The van der Waals surface area contributed by atoms with Crippen molar-refractivity contribution in [3.63, 3.8) is 0 Å². The van der Waals surface area contributed by atoms with Crippen LogP contribution < -0.4 is 0 Å². The minimum atomic E-state index is -3.20. The van der Waals surface area contributed by atoms with Gasteiger partial charge in [0.25, 0.3) is 0 Å². The first-order chi connectivity index (χ1) is 5.97. The fourth-order valence-corrected chi connectivity index (χ4v) is 1.56. The average Bonchev–Trinajstić information content (AvgIpc) is 2.00. The summed E-state index contributed by atoms with van der Waals surface area (Å²) >= 11 is 2.15. The van der Waals surface area contributed by atoms with Crippen molar-refractivity contribution < 1.29 is 8.42 Å². The maximum Gasteiger partial charge on any atom is 0.214 e. The van der Waals surface area contributed by atoms with Gasteiger partial charge in [0.15, 0.2) is 0 Å². The predicted molar refractivity (Wildman–Crippen MR) is 60.9 cm³/mol. The van der Waals surface area contributed by atoms with Gasteiger partial charge in [-0.15, -0.1) is 0 Å². The third-order valence-corrected chi connectivity index (χ3v) is 2.35. The summed E-state index contributed by atoms with van der Waals surface area (Å²) < 4.78 is 22.5. The van der Waals surface area contributed by atoms with Crippen molar-refractivity contribution in [2.75, 3.05) is 6.26 Å². The largest absolute Gasteiger partial charge is 0.216 e. The van der Waals surface area contributed by atoms with Crippen molar-refractivity contribution in [3.05, 3.63) is 33.4 Å². The van der Waals surface area contributed by atoms with Crippen molar-refractivity contribution in [2.24, 2.45) is 0 Å². The molecule has 0 heterocycles. The van der Waals surface area contributed by atoms with Crippen molar-refractivity contribution in [3.8, 4) is 11.2 Å². The molecule has 0 spiro atoms. The van der Waals surface area contributed by atoms with E-state index in [1.807, 2.05) is 18.2 Å². The maximum absolute atomic E-state index is 10.7. The lowest BCUT2D eigenvalue weighted by atomic mass is 10.2. The van der Waals surface area contributed by atoms with Crippen LogP contribution in [0.25, 0.3) is 0 Å². The van der Waals surface area contributed by atoms with Gasteiger partial charge in [-0.2, -0.15) is 0 Å². The lowest BCUT2D eigenvalue weighted by Gasteiger charge is -1.90. The summed E-state index contributed by atoms with van der Waals surface area (Å²) in [6, 6.07) is 7.37. The number of benzene rings is 1. The van der Waals surface area contributed by atoms with Gasteiger partial charge in [0.2, 0.25) is 9.84 Å². The summed E-state index contributed by atoms with van der Waals surface area (Å²) in [4.78, 5) is 0. The van der Waals surface area contributed by atoms with Gasteiger partial charge in [-0.05, 0) is 46.7 Å². The molecule has 0 aliphatic rings. The van der Waals surface area contributed by atoms with Gasteiger partial charge in [0.05, 0.1) is 6.26 Å². The Morgan fingerprint density at radius 3 is 2.62 bits per heavy atom. The summed E-state index contributed by atoms with van der Waals surface area (Å²) in [6.45, 7) is 0. The zero-order valence-corrected chi connectivity index (χ0v) is 9.89. The molecule has 0 radical (unpaired) electrons. The molecular weight excluding hydrogens is 299 g/mol. The van der Waals surface area contributed by atoms with Crippen molar-refractivity contribution in [2.45, 2.75) is 0 Å². The van der Waals surface area contributed by atoms with Gasteiger partial charge >= 0.3 is 0 Å². The average molecular weight is 306 g/mol. The molecule has 1 rings (SSSR count). The molecule has 0 bridgehead atoms. The molecule has 0 aliphatic heterocycles. The zero-order valence-electron chi connectivity index (χ0n) is 6.91. The highest BCUT2D eigenvalue weighted by Gasteiger charge is 1.92. The first-order valence-electron chi connectivity index (χ1n) is 3.46. The van der Waals surface area contributed by atoms with E-state index >= 15 is 0 Å². The van der Waals surface area contributed by atoms with E-state index in [9.17, 15) is 8.42 Å². The van der Waals surface area contributed by atoms with Crippen LogP contribution in [0.5, 0.6) is 0 Å². The summed E-state index contributed by atoms with van der Waals surface area (Å²) in [5.41, 5.74) is 0.720. The van der Waals surface area contributed by atoms with Crippen LogP contribution in [-0.2, 0) is 9.84 Å². The normalized spacial score (nSPS) is 10.3. The molecule has 0 amide bonds. The number of hydrogen-bond donors (Lipinski definition) is 0. The molecule has 0 aromatic heterocycles. The lowest BCUT2D eigenvalue weighted by molar-refractivity contribution is 0.611. The van der Waals surface area contributed by atoms with E-state index < -0.39 is 9.84 Å². The standard InChI is InChI=1S/C9H7IO2S/c1-13(11,12)6-5-8-3-2-4-9(10)7-8/h2-4,7H,1H3. The third-order valence-electron chi connectivity index (χ3n) is 1.21. The first-order valence-corrected chi connectivity index (χ1v) is 6.43. The SMILES string of the molecule is CS(=O)(=O)C#Cc1cccc(I)c1. The van der Waals surface area contributed by atoms with E-state index in [0.29, 0.717) is 0 Å². The van der Waals surface area contributed by atoms with E-state index in [0.717, 1.165) is 15.4 Å². The molecule has 0 N–H and O–H groups in total. The van der Waals surface area contributed by atoms with Crippen LogP contribution in [0.1, 0.15) is 5.56 Å². The van der Waals surface area contributed by atoms with Crippen LogP contribution in [0.2, 0.25) is 0 Å². The quantitative estimate of drug-likeness (QED) is 0.539. The summed E-state index contributed by atoms with van der Waals surface area (Å²) in [7, 11) is -3.20. The van der Waals surface area contributed by atoms with Gasteiger partial charge in [-0.3, -0.25) is 0 Å². The van der Waals surface area contributed by atoms with Crippen LogP contribution in [0.4, 0.5) is 0 Å². The minimum Gasteiger partial charge on any atom is -0.216 e. The Kier molecular flexibility index (Phi) is 3.33. The molecule has 0 saturated heterocycles. The monoisotopic (exact) mass is 306 g/mol. The van der Waals surface area contributed by atoms with Gasteiger partial charge in [0.1, 0.15) is 0 Å². The van der Waals surface area contributed by atoms with Gasteiger partial charge in [-0.1, -0.05) is 6.07 Å². The Morgan fingerprint density at radius 1 is 1.38 bits per heavy atom. The number of sulfone groups is 1. The maximum atomic E-state index is 10.7. The molecule has 0 fully saturated rings. The van der Waals surface area contributed by atoms with E-state index in [4.69, 9.17) is 0 Å². The Morgan fingerprint density at radius 2 is 2.08 bits per heavy atom. The molecule has 0 saturated carbocycles. The second kappa shape index (κ2) is 4.11. The van der Waals surface area contributed by atoms with Crippen LogP contribution in [0.3, 0.4) is 0 Å². The van der Waals surface area contributed by atoms with Crippen LogP contribution in [-0.4, -0.2) is 14.7 Å². The van der Waals surface area contributed by atoms with E-state index in [1.165, 1.54) is 0 Å². The highest BCUT2D eigenvalue weighted by atomic mass is 127. The smallest absolute Gasteiger partial charge is 0.214 e. The van der Waals surface area contributed by atoms with Gasteiger partial charge in [0, 0.05) is 14.4 Å². The molecule has 4 heteroatoms. The summed E-state index contributed by atoms with van der Waals surface area (Å²) in [5.74, 6) is 2.58. The Hall–Kier alpha value is -0.540. The number of halogens is 1. The Bertz CT molecular complexity index is 466. The highest BCUT2D eigenvalue weighted by molar-refractivity contribution is 14.1. The molecule has 0 aliphatic carbocycles. The Labute approximate surface area is 91.4 Å². The first kappa shape index (κ1) is 10.5. The molecule has 1 aromatic rings. The second-order valence-electron chi connectivity index (χ2n) is 2.51. The predicted octanol–water partition coefficient (Wildman–Crippen LogP) is 1.64. The topological polar surface area (TPSA) is 34.1 Å². The zero-order chi connectivity index (χ0) is 9.90.